The minimum atomic E-state index is -0.466. The fraction of sp³-hybridized carbons (Fsp3) is 0.238. The minimum absolute atomic E-state index is 0.113. The number of amides is 2. The number of benzene rings is 1. The molecule has 1 aromatic carbocycles. The third-order valence-electron chi connectivity index (χ3n) is 4.98. The Labute approximate surface area is 172 Å². The van der Waals surface area contributed by atoms with Crippen molar-refractivity contribution in [3.05, 3.63) is 58.9 Å². The van der Waals surface area contributed by atoms with Crippen LogP contribution >= 0.6 is 11.8 Å². The topological polar surface area (TPSA) is 111 Å². The second-order valence-electron chi connectivity index (χ2n) is 6.97. The molecule has 2 fully saturated rings. The minimum Gasteiger partial charge on any atom is -0.338 e. The van der Waals surface area contributed by atoms with E-state index in [1.54, 1.807) is 12.3 Å². The molecule has 2 aromatic rings. The maximum absolute atomic E-state index is 11.5. The van der Waals surface area contributed by atoms with Gasteiger partial charge in [0.1, 0.15) is 5.82 Å². The van der Waals surface area contributed by atoms with Crippen LogP contribution in [0.5, 0.6) is 0 Å². The van der Waals surface area contributed by atoms with Gasteiger partial charge in [-0.15, -0.1) is 0 Å². The zero-order valence-corrected chi connectivity index (χ0v) is 16.5. The Morgan fingerprint density at radius 3 is 2.62 bits per heavy atom. The standard InChI is InChI=1S/C21H21N5O2S/c22-16(11-18-20(27)26-21(28)29-18)5-6-19-24-12-17(25-19)15-3-1-13(2-4-15)14-7-9-23-10-8-14/h1-6,11-12,14,22-23H,7-10H2,(H,24,25)(H,26,27,28)/b6-5-,18-11-,22-16?. The molecule has 148 valence electrons. The first-order valence-electron chi connectivity index (χ1n) is 9.46. The molecule has 2 amide bonds. The van der Waals surface area contributed by atoms with Crippen LogP contribution in [0.3, 0.4) is 0 Å². The van der Waals surface area contributed by atoms with Gasteiger partial charge in [0.15, 0.2) is 0 Å². The summed E-state index contributed by atoms with van der Waals surface area (Å²) in [6.07, 6.45) is 8.69. The summed E-state index contributed by atoms with van der Waals surface area (Å²) in [5.41, 5.74) is 3.46. The third kappa shape index (κ3) is 4.72. The van der Waals surface area contributed by atoms with Crippen LogP contribution in [0, 0.1) is 5.41 Å². The van der Waals surface area contributed by atoms with Gasteiger partial charge in [0.25, 0.3) is 11.1 Å². The van der Waals surface area contributed by atoms with Crippen molar-refractivity contribution in [1.82, 2.24) is 20.6 Å². The van der Waals surface area contributed by atoms with E-state index < -0.39 is 11.1 Å². The first-order valence-corrected chi connectivity index (χ1v) is 10.3. The molecule has 1 aromatic heterocycles. The van der Waals surface area contributed by atoms with E-state index in [1.807, 2.05) is 0 Å². The van der Waals surface area contributed by atoms with Gasteiger partial charge in [0, 0.05) is 0 Å². The summed E-state index contributed by atoms with van der Waals surface area (Å²) in [5.74, 6) is 0.776. The molecule has 0 saturated carbocycles. The largest absolute Gasteiger partial charge is 0.338 e. The predicted octanol–water partition coefficient (Wildman–Crippen LogP) is 3.44. The molecule has 29 heavy (non-hydrogen) atoms. The van der Waals surface area contributed by atoms with E-state index in [1.165, 1.54) is 30.6 Å². The lowest BCUT2D eigenvalue weighted by atomic mass is 9.90. The van der Waals surface area contributed by atoms with Crippen LogP contribution in [0.2, 0.25) is 0 Å². The molecule has 0 spiro atoms. The van der Waals surface area contributed by atoms with E-state index in [0.29, 0.717) is 11.7 Å². The number of aromatic nitrogens is 2. The van der Waals surface area contributed by atoms with Crippen LogP contribution < -0.4 is 10.6 Å². The van der Waals surface area contributed by atoms with Crippen LogP contribution in [0.25, 0.3) is 17.3 Å². The van der Waals surface area contributed by atoms with Gasteiger partial charge < -0.3 is 15.7 Å². The maximum atomic E-state index is 11.5. The summed E-state index contributed by atoms with van der Waals surface area (Å²) in [7, 11) is 0. The molecular weight excluding hydrogens is 386 g/mol. The van der Waals surface area contributed by atoms with Gasteiger partial charge in [-0.1, -0.05) is 24.3 Å². The number of nitrogens with zero attached hydrogens (tertiary/aromatic N) is 1. The molecule has 4 rings (SSSR count). The van der Waals surface area contributed by atoms with Crippen molar-refractivity contribution in [1.29, 1.82) is 5.41 Å². The Morgan fingerprint density at radius 2 is 1.93 bits per heavy atom. The van der Waals surface area contributed by atoms with Crippen LogP contribution in [0.4, 0.5) is 4.79 Å². The van der Waals surface area contributed by atoms with Gasteiger partial charge in [0.05, 0.1) is 22.5 Å². The highest BCUT2D eigenvalue weighted by atomic mass is 32.2. The monoisotopic (exact) mass is 407 g/mol. The highest BCUT2D eigenvalue weighted by Gasteiger charge is 2.25. The van der Waals surface area contributed by atoms with Gasteiger partial charge in [-0.3, -0.25) is 14.9 Å². The predicted molar refractivity (Wildman–Crippen MR) is 115 cm³/mol. The van der Waals surface area contributed by atoms with Crippen molar-refractivity contribution in [3.8, 4) is 11.3 Å². The number of carbonyl (C=O) groups is 2. The van der Waals surface area contributed by atoms with E-state index in [0.717, 1.165) is 36.1 Å². The molecule has 8 heteroatoms. The van der Waals surface area contributed by atoms with Gasteiger partial charge in [0.2, 0.25) is 0 Å². The molecule has 0 unspecified atom stereocenters. The SMILES string of the molecule is N=C(/C=C\c1ncc(-c2ccc(C3CCNCC3)cc2)[nH]1)/C=C1\SC(=O)NC1=O. The van der Waals surface area contributed by atoms with Crippen LogP contribution in [0.1, 0.15) is 30.1 Å². The van der Waals surface area contributed by atoms with E-state index in [-0.39, 0.29) is 10.6 Å². The lowest BCUT2D eigenvalue weighted by Crippen LogP contribution is -2.26. The zero-order valence-electron chi connectivity index (χ0n) is 15.7. The number of nitrogens with one attached hydrogen (secondary N) is 4. The number of H-pyrrole nitrogens is 1. The molecule has 0 atom stereocenters. The van der Waals surface area contributed by atoms with E-state index >= 15 is 0 Å². The Balaban J connectivity index is 1.41. The number of hydrogen-bond donors (Lipinski definition) is 4. The average Bonchev–Trinajstić information content (AvgIpc) is 3.33. The van der Waals surface area contributed by atoms with Crippen molar-refractivity contribution in [2.75, 3.05) is 13.1 Å². The highest BCUT2D eigenvalue weighted by molar-refractivity contribution is 8.18. The molecule has 0 aliphatic carbocycles. The Bertz CT molecular complexity index is 1000. The number of imide groups is 1. The Hall–Kier alpha value is -2.97. The van der Waals surface area contributed by atoms with Gasteiger partial charge in [-0.2, -0.15) is 0 Å². The summed E-state index contributed by atoms with van der Waals surface area (Å²) in [5, 5.41) is 13.1. The number of imidazole rings is 1. The van der Waals surface area contributed by atoms with Crippen LogP contribution in [-0.2, 0) is 4.79 Å². The summed E-state index contributed by atoms with van der Waals surface area (Å²) in [6, 6.07) is 8.60. The first-order chi connectivity index (χ1) is 14.1. The van der Waals surface area contributed by atoms with Crippen molar-refractivity contribution < 1.29 is 9.59 Å². The Kier molecular flexibility index (Phi) is 5.73. The van der Waals surface area contributed by atoms with Crippen molar-refractivity contribution in [2.45, 2.75) is 18.8 Å². The number of rotatable bonds is 5. The number of thioether (sulfide) groups is 1. The van der Waals surface area contributed by atoms with Gasteiger partial charge in [-0.25, -0.2) is 4.98 Å². The van der Waals surface area contributed by atoms with E-state index in [9.17, 15) is 9.59 Å². The van der Waals surface area contributed by atoms with Gasteiger partial charge in [-0.05, 0) is 73.0 Å². The molecule has 2 saturated heterocycles. The van der Waals surface area contributed by atoms with Crippen molar-refractivity contribution >= 4 is 34.7 Å². The summed E-state index contributed by atoms with van der Waals surface area (Å²) in [6.45, 7) is 2.15. The van der Waals surface area contributed by atoms with Gasteiger partial charge >= 0.3 is 0 Å². The summed E-state index contributed by atoms with van der Waals surface area (Å²) < 4.78 is 0. The van der Waals surface area contributed by atoms with E-state index in [4.69, 9.17) is 5.41 Å². The number of hydrogen-bond acceptors (Lipinski definition) is 6. The number of piperidine rings is 1. The number of aromatic amines is 1. The quantitative estimate of drug-likeness (QED) is 0.448. The molecule has 2 aliphatic heterocycles. The highest BCUT2D eigenvalue weighted by Crippen LogP contribution is 2.27. The number of carbonyl (C=O) groups excluding carboxylic acids is 2. The second kappa shape index (κ2) is 8.59. The molecule has 0 radical (unpaired) electrons. The molecule has 2 aliphatic rings. The lowest BCUT2D eigenvalue weighted by molar-refractivity contribution is -0.115. The molecule has 0 bridgehead atoms. The third-order valence-corrected chi connectivity index (χ3v) is 5.79. The molecule has 4 N–H and O–H groups in total. The van der Waals surface area contributed by atoms with Crippen molar-refractivity contribution in [2.24, 2.45) is 0 Å². The molecule has 7 nitrogen and oxygen atoms in total. The fourth-order valence-corrected chi connectivity index (χ4v) is 4.11. The maximum Gasteiger partial charge on any atom is 0.290 e. The summed E-state index contributed by atoms with van der Waals surface area (Å²) in [4.78, 5) is 30.5. The Morgan fingerprint density at radius 1 is 1.17 bits per heavy atom. The van der Waals surface area contributed by atoms with E-state index in [2.05, 4.69) is 44.9 Å². The smallest absolute Gasteiger partial charge is 0.290 e. The van der Waals surface area contributed by atoms with Crippen molar-refractivity contribution in [3.63, 3.8) is 0 Å². The van der Waals surface area contributed by atoms with Crippen LogP contribution in [0.15, 0.2) is 47.5 Å². The summed E-state index contributed by atoms with van der Waals surface area (Å²) >= 11 is 0.796. The average molecular weight is 407 g/mol. The zero-order chi connectivity index (χ0) is 20.2. The lowest BCUT2D eigenvalue weighted by Gasteiger charge is -2.23. The molecule has 3 heterocycles. The first kappa shape index (κ1) is 19.4. The molecular formula is C21H21N5O2S. The second-order valence-corrected chi connectivity index (χ2v) is 7.98. The fourth-order valence-electron chi connectivity index (χ4n) is 3.44. The normalized spacial score (nSPS) is 19.2. The van der Waals surface area contributed by atoms with Crippen LogP contribution in [-0.4, -0.2) is 39.9 Å². The number of allylic oxidation sites excluding steroid dienone is 2.